The van der Waals surface area contributed by atoms with Crippen LogP contribution in [-0.4, -0.2) is 22.9 Å². The summed E-state index contributed by atoms with van der Waals surface area (Å²) < 4.78 is 18.4. The molecule has 1 atom stereocenters. The Hall–Kier alpha value is -2.51. The summed E-state index contributed by atoms with van der Waals surface area (Å²) in [6, 6.07) is 1.79. The molecule has 0 aliphatic rings. The van der Waals surface area contributed by atoms with Gasteiger partial charge in [0.25, 0.3) is 5.69 Å². The fraction of sp³-hybridized carbons (Fsp3) is 0.429. The SMILES string of the molecule is CC(C)(C)OC(=O)N[C@@H](CC=O)c1cc(F)ccc1[N+](=O)[O-]. The van der Waals surface area contributed by atoms with E-state index < -0.39 is 28.5 Å². The highest BCUT2D eigenvalue weighted by molar-refractivity contribution is 5.69. The highest BCUT2D eigenvalue weighted by atomic mass is 19.1. The lowest BCUT2D eigenvalue weighted by molar-refractivity contribution is -0.385. The Balaban J connectivity index is 3.10. The predicted molar refractivity (Wildman–Crippen MR) is 75.8 cm³/mol. The van der Waals surface area contributed by atoms with Gasteiger partial charge >= 0.3 is 6.09 Å². The lowest BCUT2D eigenvalue weighted by Gasteiger charge is -2.23. The van der Waals surface area contributed by atoms with Crippen LogP contribution in [0.15, 0.2) is 18.2 Å². The van der Waals surface area contributed by atoms with Crippen LogP contribution in [0, 0.1) is 15.9 Å². The number of ether oxygens (including phenoxy) is 1. The molecule has 1 amide bonds. The van der Waals surface area contributed by atoms with E-state index in [9.17, 15) is 24.1 Å². The average molecular weight is 312 g/mol. The molecule has 1 N–H and O–H groups in total. The van der Waals surface area contributed by atoms with E-state index in [1.54, 1.807) is 20.8 Å². The Bertz CT molecular complexity index is 583. The predicted octanol–water partition coefficient (Wildman–Crippen LogP) is 2.89. The van der Waals surface area contributed by atoms with Gasteiger partial charge < -0.3 is 14.8 Å². The van der Waals surface area contributed by atoms with Gasteiger partial charge in [0.1, 0.15) is 17.7 Å². The second-order valence-corrected chi connectivity index (χ2v) is 5.56. The number of amides is 1. The Morgan fingerprint density at radius 1 is 1.50 bits per heavy atom. The van der Waals surface area contributed by atoms with E-state index in [2.05, 4.69) is 5.32 Å². The second-order valence-electron chi connectivity index (χ2n) is 5.56. The van der Waals surface area contributed by atoms with Crippen molar-refractivity contribution in [3.8, 4) is 0 Å². The summed E-state index contributed by atoms with van der Waals surface area (Å²) in [5, 5.41) is 13.4. The van der Waals surface area contributed by atoms with Crippen molar-refractivity contribution in [1.29, 1.82) is 0 Å². The molecular weight excluding hydrogens is 295 g/mol. The van der Waals surface area contributed by atoms with Gasteiger partial charge in [-0.3, -0.25) is 10.1 Å². The summed E-state index contributed by atoms with van der Waals surface area (Å²) in [7, 11) is 0. The Morgan fingerprint density at radius 3 is 2.64 bits per heavy atom. The molecule has 0 bridgehead atoms. The molecule has 8 heteroatoms. The minimum Gasteiger partial charge on any atom is -0.444 e. The van der Waals surface area contributed by atoms with Crippen molar-refractivity contribution < 1.29 is 23.6 Å². The highest BCUT2D eigenvalue weighted by Gasteiger charge is 2.26. The van der Waals surface area contributed by atoms with Gasteiger partial charge in [0.05, 0.1) is 16.5 Å². The molecule has 0 unspecified atom stereocenters. The molecular formula is C14H17FN2O5. The molecule has 1 rings (SSSR count). The number of halogens is 1. The molecule has 0 radical (unpaired) electrons. The van der Waals surface area contributed by atoms with Crippen molar-refractivity contribution in [3.63, 3.8) is 0 Å². The van der Waals surface area contributed by atoms with Crippen molar-refractivity contribution in [1.82, 2.24) is 5.32 Å². The molecule has 0 aliphatic carbocycles. The van der Waals surface area contributed by atoms with E-state index in [4.69, 9.17) is 4.74 Å². The average Bonchev–Trinajstić information content (AvgIpc) is 2.35. The number of aldehydes is 1. The van der Waals surface area contributed by atoms with Crippen LogP contribution in [0.1, 0.15) is 38.8 Å². The number of alkyl carbamates (subject to hydrolysis) is 1. The quantitative estimate of drug-likeness (QED) is 0.512. The summed E-state index contributed by atoms with van der Waals surface area (Å²) in [5.74, 6) is -0.706. The van der Waals surface area contributed by atoms with Gasteiger partial charge in [0.2, 0.25) is 0 Å². The molecule has 0 heterocycles. The van der Waals surface area contributed by atoms with E-state index in [0.717, 1.165) is 18.2 Å². The van der Waals surface area contributed by atoms with Crippen LogP contribution in [0.2, 0.25) is 0 Å². The highest BCUT2D eigenvalue weighted by Crippen LogP contribution is 2.28. The Labute approximate surface area is 126 Å². The maximum Gasteiger partial charge on any atom is 0.408 e. The van der Waals surface area contributed by atoms with Crippen LogP contribution >= 0.6 is 0 Å². The first-order valence-electron chi connectivity index (χ1n) is 6.51. The van der Waals surface area contributed by atoms with Crippen molar-refractivity contribution in [2.75, 3.05) is 0 Å². The van der Waals surface area contributed by atoms with Gasteiger partial charge in [-0.1, -0.05) is 0 Å². The van der Waals surface area contributed by atoms with Crippen LogP contribution in [0.3, 0.4) is 0 Å². The van der Waals surface area contributed by atoms with E-state index in [1.807, 2.05) is 0 Å². The molecule has 120 valence electrons. The smallest absolute Gasteiger partial charge is 0.408 e. The molecule has 0 aromatic heterocycles. The van der Waals surface area contributed by atoms with Crippen molar-refractivity contribution >= 4 is 18.1 Å². The Morgan fingerprint density at radius 2 is 2.14 bits per heavy atom. The first-order chi connectivity index (χ1) is 10.1. The Kier molecular flexibility index (Phi) is 5.56. The summed E-state index contributed by atoms with van der Waals surface area (Å²) in [6.07, 6.45) is -0.613. The largest absolute Gasteiger partial charge is 0.444 e. The zero-order valence-electron chi connectivity index (χ0n) is 12.5. The summed E-state index contributed by atoms with van der Waals surface area (Å²) in [5.41, 5.74) is -1.25. The van der Waals surface area contributed by atoms with Crippen molar-refractivity contribution in [2.24, 2.45) is 0 Å². The maximum atomic E-state index is 13.4. The van der Waals surface area contributed by atoms with E-state index >= 15 is 0 Å². The van der Waals surface area contributed by atoms with Crippen LogP contribution in [-0.2, 0) is 9.53 Å². The molecule has 0 saturated carbocycles. The number of benzene rings is 1. The lowest BCUT2D eigenvalue weighted by Crippen LogP contribution is -2.35. The van der Waals surface area contributed by atoms with Gasteiger partial charge in [-0.15, -0.1) is 0 Å². The first-order valence-corrected chi connectivity index (χ1v) is 6.51. The summed E-state index contributed by atoms with van der Waals surface area (Å²) in [4.78, 5) is 32.8. The first kappa shape index (κ1) is 17.5. The standard InChI is InChI=1S/C14H17FN2O5/c1-14(2,3)22-13(19)16-11(6-7-18)10-8-9(15)4-5-12(10)17(20)21/h4-5,7-8,11H,6H2,1-3H3,(H,16,19)/t11-/m0/s1. The number of hydrogen-bond donors (Lipinski definition) is 1. The summed E-state index contributed by atoms with van der Waals surface area (Å²) >= 11 is 0. The molecule has 1 aromatic rings. The van der Waals surface area contributed by atoms with Gasteiger partial charge in [-0.25, -0.2) is 9.18 Å². The monoisotopic (exact) mass is 312 g/mol. The fourth-order valence-electron chi connectivity index (χ4n) is 1.78. The number of nitrogens with zero attached hydrogens (tertiary/aromatic N) is 1. The number of carbonyl (C=O) groups excluding carboxylic acids is 2. The number of nitro groups is 1. The molecule has 7 nitrogen and oxygen atoms in total. The minimum atomic E-state index is -1.05. The number of hydrogen-bond acceptors (Lipinski definition) is 5. The number of nitro benzene ring substituents is 1. The van der Waals surface area contributed by atoms with Crippen LogP contribution < -0.4 is 5.32 Å². The summed E-state index contributed by atoms with van der Waals surface area (Å²) in [6.45, 7) is 4.93. The molecule has 0 spiro atoms. The normalized spacial score (nSPS) is 12.4. The molecule has 22 heavy (non-hydrogen) atoms. The molecule has 0 aliphatic heterocycles. The third-order valence-electron chi connectivity index (χ3n) is 2.58. The second kappa shape index (κ2) is 6.97. The fourth-order valence-corrected chi connectivity index (χ4v) is 1.78. The topological polar surface area (TPSA) is 98.5 Å². The van der Waals surface area contributed by atoms with E-state index in [1.165, 1.54) is 0 Å². The lowest BCUT2D eigenvalue weighted by atomic mass is 10.0. The molecule has 0 fully saturated rings. The van der Waals surface area contributed by atoms with E-state index in [0.29, 0.717) is 6.29 Å². The van der Waals surface area contributed by atoms with Gasteiger partial charge in [0.15, 0.2) is 0 Å². The number of nitrogens with one attached hydrogen (secondary N) is 1. The third-order valence-corrected chi connectivity index (χ3v) is 2.58. The number of rotatable bonds is 5. The van der Waals surface area contributed by atoms with Crippen LogP contribution in [0.25, 0.3) is 0 Å². The van der Waals surface area contributed by atoms with Crippen molar-refractivity contribution in [2.45, 2.75) is 38.8 Å². The number of carbonyl (C=O) groups is 2. The van der Waals surface area contributed by atoms with Gasteiger partial charge in [-0.2, -0.15) is 0 Å². The van der Waals surface area contributed by atoms with Crippen molar-refractivity contribution in [3.05, 3.63) is 39.7 Å². The molecule has 1 aromatic carbocycles. The molecule has 0 saturated heterocycles. The third kappa shape index (κ3) is 5.12. The zero-order chi connectivity index (χ0) is 16.9. The minimum absolute atomic E-state index is 0.0945. The van der Waals surface area contributed by atoms with E-state index in [-0.39, 0.29) is 17.7 Å². The van der Waals surface area contributed by atoms with Gasteiger partial charge in [-0.05, 0) is 32.9 Å². The zero-order valence-corrected chi connectivity index (χ0v) is 12.5. The maximum absolute atomic E-state index is 13.4. The van der Waals surface area contributed by atoms with Gasteiger partial charge in [0, 0.05) is 12.5 Å². The van der Waals surface area contributed by atoms with Crippen LogP contribution in [0.5, 0.6) is 0 Å². The van der Waals surface area contributed by atoms with Crippen LogP contribution in [0.4, 0.5) is 14.9 Å².